The Hall–Kier alpha value is -1.37. The number of thioether (sulfide) groups is 1. The minimum atomic E-state index is -0.559. The molecule has 6 nitrogen and oxygen atoms in total. The quantitative estimate of drug-likeness (QED) is 0.804. The largest absolute Gasteiger partial charge is 0.465 e. The zero-order valence-electron chi connectivity index (χ0n) is 12.6. The second-order valence-electron chi connectivity index (χ2n) is 5.25. The summed E-state index contributed by atoms with van der Waals surface area (Å²) in [5.74, 6) is 0.201. The molecular formula is C13H22N2O4S. The molecule has 0 aromatic rings. The highest BCUT2D eigenvalue weighted by molar-refractivity contribution is 8.02. The van der Waals surface area contributed by atoms with Crippen LogP contribution in [0.2, 0.25) is 0 Å². The lowest BCUT2D eigenvalue weighted by Crippen LogP contribution is -2.42. The van der Waals surface area contributed by atoms with Gasteiger partial charge in [0.05, 0.1) is 12.0 Å². The van der Waals surface area contributed by atoms with Gasteiger partial charge in [0.15, 0.2) is 0 Å². The van der Waals surface area contributed by atoms with Crippen molar-refractivity contribution in [2.45, 2.75) is 45.6 Å². The number of ether oxygens (including phenoxy) is 2. The molecule has 0 saturated heterocycles. The predicted octanol–water partition coefficient (Wildman–Crippen LogP) is 2.27. The predicted molar refractivity (Wildman–Crippen MR) is 77.8 cm³/mol. The second-order valence-corrected chi connectivity index (χ2v) is 6.44. The number of carbonyl (C=O) groups is 2. The molecule has 0 aromatic carbocycles. The van der Waals surface area contributed by atoms with Gasteiger partial charge in [-0.25, -0.2) is 4.79 Å². The van der Waals surface area contributed by atoms with Gasteiger partial charge in [-0.1, -0.05) is 0 Å². The average molecular weight is 302 g/mol. The highest BCUT2D eigenvalue weighted by Gasteiger charge is 2.32. The van der Waals surface area contributed by atoms with E-state index in [1.165, 1.54) is 16.7 Å². The smallest absolute Gasteiger partial charge is 0.416 e. The van der Waals surface area contributed by atoms with Gasteiger partial charge in [-0.3, -0.25) is 9.69 Å². The molecular weight excluding hydrogens is 280 g/mol. The van der Waals surface area contributed by atoms with Crippen molar-refractivity contribution in [2.24, 2.45) is 0 Å². The van der Waals surface area contributed by atoms with Gasteiger partial charge >= 0.3 is 12.1 Å². The SMILES string of the molecule is CCOC(=O)CNC1=CSC(C)N1C(=O)OC(C)(C)C. The van der Waals surface area contributed by atoms with Gasteiger partial charge in [-0.05, 0) is 34.6 Å². The van der Waals surface area contributed by atoms with Crippen LogP contribution in [0, 0.1) is 0 Å². The van der Waals surface area contributed by atoms with Gasteiger partial charge in [0.2, 0.25) is 0 Å². The van der Waals surface area contributed by atoms with E-state index in [0.29, 0.717) is 12.4 Å². The lowest BCUT2D eigenvalue weighted by molar-refractivity contribution is -0.141. The molecule has 0 aliphatic carbocycles. The highest BCUT2D eigenvalue weighted by Crippen LogP contribution is 2.30. The molecule has 1 N–H and O–H groups in total. The molecule has 0 aromatic heterocycles. The molecule has 0 saturated carbocycles. The van der Waals surface area contributed by atoms with Crippen LogP contribution >= 0.6 is 11.8 Å². The summed E-state index contributed by atoms with van der Waals surface area (Å²) in [6.45, 7) is 9.44. The summed E-state index contributed by atoms with van der Waals surface area (Å²) < 4.78 is 10.2. The number of amides is 1. The van der Waals surface area contributed by atoms with E-state index in [4.69, 9.17) is 9.47 Å². The number of nitrogens with zero attached hydrogens (tertiary/aromatic N) is 1. The molecule has 0 bridgehead atoms. The lowest BCUT2D eigenvalue weighted by atomic mass is 10.2. The van der Waals surface area contributed by atoms with Crippen molar-refractivity contribution in [1.29, 1.82) is 0 Å². The number of rotatable bonds is 4. The summed E-state index contributed by atoms with van der Waals surface area (Å²) in [7, 11) is 0. The van der Waals surface area contributed by atoms with Crippen LogP contribution in [0.5, 0.6) is 0 Å². The van der Waals surface area contributed by atoms with Gasteiger partial charge in [0.1, 0.15) is 18.0 Å². The molecule has 1 atom stereocenters. The van der Waals surface area contributed by atoms with Crippen LogP contribution in [0.4, 0.5) is 4.79 Å². The Kier molecular flexibility index (Phi) is 5.74. The van der Waals surface area contributed by atoms with E-state index in [1.54, 1.807) is 12.3 Å². The van der Waals surface area contributed by atoms with Crippen LogP contribution in [0.25, 0.3) is 0 Å². The number of carbonyl (C=O) groups excluding carboxylic acids is 2. The van der Waals surface area contributed by atoms with E-state index in [9.17, 15) is 9.59 Å². The van der Waals surface area contributed by atoms with Crippen LogP contribution in [0.15, 0.2) is 11.2 Å². The monoisotopic (exact) mass is 302 g/mol. The van der Waals surface area contributed by atoms with Crippen molar-refractivity contribution in [2.75, 3.05) is 13.2 Å². The first kappa shape index (κ1) is 16.7. The van der Waals surface area contributed by atoms with Crippen LogP contribution in [0.3, 0.4) is 0 Å². The maximum absolute atomic E-state index is 12.1. The maximum Gasteiger partial charge on any atom is 0.416 e. The summed E-state index contributed by atoms with van der Waals surface area (Å²) in [5.41, 5.74) is -0.559. The van der Waals surface area contributed by atoms with Gasteiger partial charge < -0.3 is 14.8 Å². The van der Waals surface area contributed by atoms with Crippen LogP contribution in [-0.4, -0.2) is 41.1 Å². The van der Waals surface area contributed by atoms with Crippen molar-refractivity contribution in [3.63, 3.8) is 0 Å². The van der Waals surface area contributed by atoms with E-state index in [2.05, 4.69) is 5.32 Å². The maximum atomic E-state index is 12.1. The first-order valence-corrected chi connectivity index (χ1v) is 7.46. The van der Waals surface area contributed by atoms with Crippen LogP contribution in [-0.2, 0) is 14.3 Å². The molecule has 1 aliphatic heterocycles. The van der Waals surface area contributed by atoms with Gasteiger partial charge in [-0.15, -0.1) is 11.8 Å². The molecule has 0 fully saturated rings. The molecule has 1 amide bonds. The Morgan fingerprint density at radius 2 is 2.10 bits per heavy atom. The fourth-order valence-corrected chi connectivity index (χ4v) is 2.38. The Balaban J connectivity index is 2.62. The number of hydrogen-bond donors (Lipinski definition) is 1. The number of hydrogen-bond acceptors (Lipinski definition) is 6. The number of esters is 1. The van der Waals surface area contributed by atoms with Crippen molar-refractivity contribution in [3.05, 3.63) is 11.2 Å². The molecule has 114 valence electrons. The molecule has 20 heavy (non-hydrogen) atoms. The lowest BCUT2D eigenvalue weighted by Gasteiger charge is -2.28. The third-order valence-corrected chi connectivity index (χ3v) is 3.27. The van der Waals surface area contributed by atoms with E-state index in [0.717, 1.165) is 0 Å². The summed E-state index contributed by atoms with van der Waals surface area (Å²) >= 11 is 1.48. The summed E-state index contributed by atoms with van der Waals surface area (Å²) in [5, 5.41) is 4.63. The summed E-state index contributed by atoms with van der Waals surface area (Å²) in [4.78, 5) is 25.0. The molecule has 1 aliphatic rings. The van der Waals surface area contributed by atoms with Gasteiger partial charge in [0, 0.05) is 5.41 Å². The van der Waals surface area contributed by atoms with E-state index < -0.39 is 11.7 Å². The molecule has 1 unspecified atom stereocenters. The normalized spacial score (nSPS) is 18.6. The molecule has 7 heteroatoms. The first-order valence-electron chi connectivity index (χ1n) is 6.52. The fourth-order valence-electron chi connectivity index (χ4n) is 1.54. The van der Waals surface area contributed by atoms with Crippen LogP contribution < -0.4 is 5.32 Å². The van der Waals surface area contributed by atoms with Crippen molar-refractivity contribution >= 4 is 23.8 Å². The minimum Gasteiger partial charge on any atom is -0.465 e. The van der Waals surface area contributed by atoms with Crippen molar-refractivity contribution < 1.29 is 19.1 Å². The number of nitrogens with one attached hydrogen (secondary N) is 1. The minimum absolute atomic E-state index is 0.0201. The first-order chi connectivity index (χ1) is 9.24. The summed E-state index contributed by atoms with van der Waals surface area (Å²) in [6, 6.07) is 0. The standard InChI is InChI=1S/C13H22N2O4S/c1-6-18-11(16)7-14-10-8-20-9(2)15(10)12(17)19-13(3,4)5/h8-9,14H,6-7H2,1-5H3. The van der Waals surface area contributed by atoms with Gasteiger partial charge in [0.25, 0.3) is 0 Å². The van der Waals surface area contributed by atoms with E-state index >= 15 is 0 Å². The highest BCUT2D eigenvalue weighted by atomic mass is 32.2. The molecule has 1 rings (SSSR count). The zero-order chi connectivity index (χ0) is 15.3. The average Bonchev–Trinajstić information content (AvgIpc) is 2.66. The molecule has 0 radical (unpaired) electrons. The Morgan fingerprint density at radius 3 is 2.65 bits per heavy atom. The van der Waals surface area contributed by atoms with Crippen molar-refractivity contribution in [3.8, 4) is 0 Å². The Labute approximate surface area is 123 Å². The van der Waals surface area contributed by atoms with Crippen molar-refractivity contribution in [1.82, 2.24) is 10.2 Å². The Morgan fingerprint density at radius 1 is 1.45 bits per heavy atom. The zero-order valence-corrected chi connectivity index (χ0v) is 13.4. The molecule has 0 spiro atoms. The van der Waals surface area contributed by atoms with Gasteiger partial charge in [-0.2, -0.15) is 0 Å². The molecule has 1 heterocycles. The fraction of sp³-hybridized carbons (Fsp3) is 0.692. The third-order valence-electron chi connectivity index (χ3n) is 2.31. The topological polar surface area (TPSA) is 67.9 Å². The second kappa shape index (κ2) is 6.88. The summed E-state index contributed by atoms with van der Waals surface area (Å²) in [6.07, 6.45) is -0.433. The van der Waals surface area contributed by atoms with Crippen LogP contribution in [0.1, 0.15) is 34.6 Å². The van der Waals surface area contributed by atoms with E-state index in [1.807, 2.05) is 27.7 Å². The van der Waals surface area contributed by atoms with E-state index in [-0.39, 0.29) is 17.9 Å². The third kappa shape index (κ3) is 4.96. The Bertz CT molecular complexity index is 404.